The van der Waals surface area contributed by atoms with Crippen molar-refractivity contribution in [3.05, 3.63) is 89.5 Å². The lowest BCUT2D eigenvalue weighted by molar-refractivity contribution is -0.111. The average molecular weight is 375 g/mol. The topological polar surface area (TPSA) is 55.1 Å². The highest BCUT2D eigenvalue weighted by Crippen LogP contribution is 2.25. The molecule has 5 heteroatoms. The van der Waals surface area contributed by atoms with Gasteiger partial charge in [-0.05, 0) is 60.2 Å². The first-order valence-electron chi connectivity index (χ1n) is 8.38. The molecule has 0 radical (unpaired) electrons. The van der Waals surface area contributed by atoms with Crippen molar-refractivity contribution in [2.24, 2.45) is 0 Å². The van der Waals surface area contributed by atoms with Gasteiger partial charge in [-0.2, -0.15) is 0 Å². The Morgan fingerprint density at radius 1 is 0.963 bits per heavy atom. The Morgan fingerprint density at radius 2 is 1.70 bits per heavy atom. The van der Waals surface area contributed by atoms with E-state index in [1.165, 1.54) is 6.08 Å². The van der Waals surface area contributed by atoms with Crippen LogP contribution in [0.5, 0.6) is 0 Å². The van der Waals surface area contributed by atoms with Crippen LogP contribution < -0.4 is 5.32 Å². The second-order valence-corrected chi connectivity index (χ2v) is 6.37. The molecule has 0 fully saturated rings. The molecule has 0 aliphatic heterocycles. The standard InChI is InChI=1S/C22H15ClN2O2/c23-17-10-5-15(6-11-17)7-14-21(26)24-18-12-8-16(9-13-18)22-25-19-3-1-2-4-20(19)27-22/h1-14H,(H,24,26). The molecule has 4 aromatic rings. The van der Waals surface area contributed by atoms with E-state index in [4.69, 9.17) is 16.0 Å². The molecular weight excluding hydrogens is 360 g/mol. The summed E-state index contributed by atoms with van der Waals surface area (Å²) in [5.74, 6) is 0.344. The summed E-state index contributed by atoms with van der Waals surface area (Å²) in [5, 5.41) is 3.49. The van der Waals surface area contributed by atoms with Crippen LogP contribution in [-0.2, 0) is 4.79 Å². The lowest BCUT2D eigenvalue weighted by atomic mass is 10.2. The van der Waals surface area contributed by atoms with Crippen LogP contribution in [0.3, 0.4) is 0 Å². The van der Waals surface area contributed by atoms with E-state index in [1.54, 1.807) is 18.2 Å². The van der Waals surface area contributed by atoms with E-state index >= 15 is 0 Å². The van der Waals surface area contributed by atoms with Gasteiger partial charge in [-0.1, -0.05) is 35.9 Å². The van der Waals surface area contributed by atoms with Gasteiger partial charge in [0.15, 0.2) is 5.58 Å². The third-order valence-corrected chi connectivity index (χ3v) is 4.24. The molecule has 0 aliphatic carbocycles. The number of para-hydroxylation sites is 2. The third-order valence-electron chi connectivity index (χ3n) is 3.99. The van der Waals surface area contributed by atoms with Crippen molar-refractivity contribution in [1.29, 1.82) is 0 Å². The SMILES string of the molecule is O=C(C=Cc1ccc(Cl)cc1)Nc1ccc(-c2nc3ccccc3o2)cc1. The molecule has 4 nitrogen and oxygen atoms in total. The Kier molecular flexibility index (Phi) is 4.73. The molecule has 27 heavy (non-hydrogen) atoms. The Hall–Kier alpha value is -3.37. The van der Waals surface area contributed by atoms with Crippen LogP contribution in [0.1, 0.15) is 5.56 Å². The van der Waals surface area contributed by atoms with Crippen LogP contribution in [-0.4, -0.2) is 10.9 Å². The monoisotopic (exact) mass is 374 g/mol. The van der Waals surface area contributed by atoms with E-state index in [0.29, 0.717) is 16.6 Å². The Morgan fingerprint density at radius 3 is 2.44 bits per heavy atom. The van der Waals surface area contributed by atoms with Crippen LogP contribution in [0.15, 0.2) is 83.3 Å². The van der Waals surface area contributed by atoms with Gasteiger partial charge in [-0.15, -0.1) is 0 Å². The normalized spacial score (nSPS) is 11.1. The fourth-order valence-electron chi connectivity index (χ4n) is 2.62. The van der Waals surface area contributed by atoms with Crippen molar-refractivity contribution >= 4 is 40.4 Å². The molecule has 3 aromatic carbocycles. The highest BCUT2D eigenvalue weighted by molar-refractivity contribution is 6.30. The lowest BCUT2D eigenvalue weighted by Gasteiger charge is -2.03. The molecule has 1 aromatic heterocycles. The minimum Gasteiger partial charge on any atom is -0.436 e. The number of hydrogen-bond acceptors (Lipinski definition) is 3. The Labute approximate surface area is 161 Å². The molecule has 0 spiro atoms. The van der Waals surface area contributed by atoms with Crippen LogP contribution in [0.2, 0.25) is 5.02 Å². The van der Waals surface area contributed by atoms with Gasteiger partial charge >= 0.3 is 0 Å². The summed E-state index contributed by atoms with van der Waals surface area (Å²) in [6.07, 6.45) is 3.22. The summed E-state index contributed by atoms with van der Waals surface area (Å²) in [6.45, 7) is 0. The predicted octanol–water partition coefficient (Wildman–Crippen LogP) is 5.80. The van der Waals surface area contributed by atoms with E-state index < -0.39 is 0 Å². The molecule has 4 rings (SSSR count). The van der Waals surface area contributed by atoms with Gasteiger partial charge in [0, 0.05) is 22.3 Å². The molecule has 132 valence electrons. The maximum Gasteiger partial charge on any atom is 0.248 e. The predicted molar refractivity (Wildman–Crippen MR) is 109 cm³/mol. The summed E-state index contributed by atoms with van der Waals surface area (Å²) in [7, 11) is 0. The molecule has 0 bridgehead atoms. The van der Waals surface area contributed by atoms with E-state index in [1.807, 2.05) is 60.7 Å². The Balaban J connectivity index is 1.44. The van der Waals surface area contributed by atoms with Gasteiger partial charge in [0.2, 0.25) is 11.8 Å². The van der Waals surface area contributed by atoms with Crippen molar-refractivity contribution in [2.75, 3.05) is 5.32 Å². The smallest absolute Gasteiger partial charge is 0.248 e. The molecule has 0 atom stereocenters. The van der Waals surface area contributed by atoms with E-state index in [0.717, 1.165) is 22.2 Å². The zero-order valence-electron chi connectivity index (χ0n) is 14.2. The van der Waals surface area contributed by atoms with Crippen molar-refractivity contribution in [3.8, 4) is 11.5 Å². The summed E-state index contributed by atoms with van der Waals surface area (Å²) in [5.41, 5.74) is 4.01. The quantitative estimate of drug-likeness (QED) is 0.459. The summed E-state index contributed by atoms with van der Waals surface area (Å²) >= 11 is 5.85. The fourth-order valence-corrected chi connectivity index (χ4v) is 2.75. The van der Waals surface area contributed by atoms with Crippen molar-refractivity contribution in [1.82, 2.24) is 4.98 Å². The van der Waals surface area contributed by atoms with Gasteiger partial charge < -0.3 is 9.73 Å². The number of carbonyl (C=O) groups is 1. The van der Waals surface area contributed by atoms with Gasteiger partial charge in [-0.25, -0.2) is 4.98 Å². The summed E-state index contributed by atoms with van der Waals surface area (Å²) in [4.78, 5) is 16.5. The average Bonchev–Trinajstić information content (AvgIpc) is 3.12. The molecule has 1 heterocycles. The van der Waals surface area contributed by atoms with Gasteiger partial charge in [0.1, 0.15) is 5.52 Å². The Bertz CT molecular complexity index is 1080. The van der Waals surface area contributed by atoms with E-state index in [-0.39, 0.29) is 5.91 Å². The minimum absolute atomic E-state index is 0.209. The number of amides is 1. The number of nitrogens with one attached hydrogen (secondary N) is 1. The second kappa shape index (κ2) is 7.48. The number of aromatic nitrogens is 1. The number of carbonyl (C=O) groups excluding carboxylic acids is 1. The zero-order valence-corrected chi connectivity index (χ0v) is 15.0. The van der Waals surface area contributed by atoms with Crippen LogP contribution >= 0.6 is 11.6 Å². The molecule has 0 saturated heterocycles. The minimum atomic E-state index is -0.209. The van der Waals surface area contributed by atoms with Crippen LogP contribution in [0.4, 0.5) is 5.69 Å². The van der Waals surface area contributed by atoms with Crippen LogP contribution in [0, 0.1) is 0 Å². The number of benzene rings is 3. The third kappa shape index (κ3) is 4.07. The number of anilines is 1. The summed E-state index contributed by atoms with van der Waals surface area (Å²) in [6, 6.07) is 22.2. The number of oxazole rings is 1. The number of nitrogens with zero attached hydrogens (tertiary/aromatic N) is 1. The number of fused-ring (bicyclic) bond motifs is 1. The summed E-state index contributed by atoms with van der Waals surface area (Å²) < 4.78 is 5.75. The lowest BCUT2D eigenvalue weighted by Crippen LogP contribution is -2.07. The highest BCUT2D eigenvalue weighted by Gasteiger charge is 2.07. The molecule has 0 aliphatic rings. The molecule has 0 unspecified atom stereocenters. The number of rotatable bonds is 4. The highest BCUT2D eigenvalue weighted by atomic mass is 35.5. The van der Waals surface area contributed by atoms with Crippen molar-refractivity contribution in [2.45, 2.75) is 0 Å². The first-order chi connectivity index (χ1) is 13.2. The molecule has 1 N–H and O–H groups in total. The first-order valence-corrected chi connectivity index (χ1v) is 8.76. The number of halogens is 1. The van der Waals surface area contributed by atoms with Crippen molar-refractivity contribution in [3.63, 3.8) is 0 Å². The van der Waals surface area contributed by atoms with Gasteiger partial charge in [-0.3, -0.25) is 4.79 Å². The fraction of sp³-hybridized carbons (Fsp3) is 0. The maximum atomic E-state index is 12.1. The molecule has 0 saturated carbocycles. The number of hydrogen-bond donors (Lipinski definition) is 1. The molecular formula is C22H15ClN2O2. The largest absolute Gasteiger partial charge is 0.436 e. The van der Waals surface area contributed by atoms with Crippen LogP contribution in [0.25, 0.3) is 28.6 Å². The van der Waals surface area contributed by atoms with Crippen molar-refractivity contribution < 1.29 is 9.21 Å². The first kappa shape index (κ1) is 17.1. The van der Waals surface area contributed by atoms with Gasteiger partial charge in [0.25, 0.3) is 0 Å². The zero-order chi connectivity index (χ0) is 18.6. The van der Waals surface area contributed by atoms with E-state index in [2.05, 4.69) is 10.3 Å². The van der Waals surface area contributed by atoms with E-state index in [9.17, 15) is 4.79 Å². The molecule has 1 amide bonds. The maximum absolute atomic E-state index is 12.1. The second-order valence-electron chi connectivity index (χ2n) is 5.94. The van der Waals surface area contributed by atoms with Gasteiger partial charge in [0.05, 0.1) is 0 Å².